The summed E-state index contributed by atoms with van der Waals surface area (Å²) in [5.41, 5.74) is -1.32. The molecule has 0 bridgehead atoms. The van der Waals surface area contributed by atoms with Crippen molar-refractivity contribution in [3.63, 3.8) is 0 Å². The first kappa shape index (κ1) is 24.4. The van der Waals surface area contributed by atoms with Gasteiger partial charge in [-0.3, -0.25) is 19.2 Å². The molecule has 7 heteroatoms. The number of fused-ring (bicyclic) bond motifs is 5. The standard InChI is InChI=1S/C28H36O7/c1-14(29)34-23-21(32)22-25(2,3)19(30)10-12-27(22,5)18-9-11-26(4)16(7-8-17(26)28(18,23)6)15-13-20(31)35-24(15)33/h8,10,12,15-16,18,21-23,32H,7,9,11,13H2,1-6H3/t15-,16-,18+,21+,22-,23+,26-,27+,28-/m0/s1. The molecule has 0 aromatic heterocycles. The highest BCUT2D eigenvalue weighted by molar-refractivity contribution is 5.96. The van der Waals surface area contributed by atoms with E-state index in [0.29, 0.717) is 6.42 Å². The molecule has 1 heterocycles. The van der Waals surface area contributed by atoms with E-state index < -0.39 is 63.6 Å². The zero-order valence-electron chi connectivity index (χ0n) is 21.4. The maximum atomic E-state index is 12.9. The number of carbonyl (C=O) groups excluding carboxylic acids is 4. The van der Waals surface area contributed by atoms with Gasteiger partial charge < -0.3 is 14.6 Å². The SMILES string of the molecule is CC(=O)O[C@@H]1[C@H](O)[C@H]2C(C)(C)C(=O)C=C[C@]2(C)[C@H]2CC[C@]3(C)C(=CC[C@H]3[C@@H]3CC(=O)OC3=O)[C@]12C. The van der Waals surface area contributed by atoms with Gasteiger partial charge in [0, 0.05) is 23.7 Å². The number of hydrogen-bond donors (Lipinski definition) is 1. The van der Waals surface area contributed by atoms with Crippen LogP contribution in [0.5, 0.6) is 0 Å². The lowest BCUT2D eigenvalue weighted by atomic mass is 9.37. The second-order valence-electron chi connectivity index (χ2n) is 12.6. The minimum absolute atomic E-state index is 0.00612. The fraction of sp³-hybridized carbons (Fsp3) is 0.714. The number of ketones is 1. The molecule has 1 N–H and O–H groups in total. The number of cyclic esters (lactones) is 2. The van der Waals surface area contributed by atoms with Crippen LogP contribution in [0.4, 0.5) is 0 Å². The topological polar surface area (TPSA) is 107 Å². The Morgan fingerprint density at radius 3 is 2.43 bits per heavy atom. The Morgan fingerprint density at radius 1 is 1.14 bits per heavy atom. The van der Waals surface area contributed by atoms with Gasteiger partial charge in [-0.15, -0.1) is 0 Å². The number of ether oxygens (including phenoxy) is 2. The van der Waals surface area contributed by atoms with E-state index in [9.17, 15) is 24.3 Å². The second kappa shape index (κ2) is 7.37. The van der Waals surface area contributed by atoms with Crippen molar-refractivity contribution in [3.8, 4) is 0 Å². The summed E-state index contributed by atoms with van der Waals surface area (Å²) in [6, 6.07) is 0. The Kier molecular flexibility index (Phi) is 5.14. The van der Waals surface area contributed by atoms with Crippen LogP contribution in [0.25, 0.3) is 0 Å². The lowest BCUT2D eigenvalue weighted by molar-refractivity contribution is -0.229. The first-order valence-corrected chi connectivity index (χ1v) is 12.7. The molecule has 5 aliphatic rings. The molecule has 0 unspecified atom stereocenters. The highest BCUT2D eigenvalue weighted by Crippen LogP contribution is 2.72. The van der Waals surface area contributed by atoms with Crippen molar-refractivity contribution in [1.82, 2.24) is 0 Å². The molecule has 1 aliphatic heterocycles. The molecule has 3 fully saturated rings. The van der Waals surface area contributed by atoms with E-state index >= 15 is 0 Å². The summed E-state index contributed by atoms with van der Waals surface area (Å²) in [6.07, 6.45) is 6.22. The van der Waals surface area contributed by atoms with Gasteiger partial charge in [-0.1, -0.05) is 52.3 Å². The third-order valence-corrected chi connectivity index (χ3v) is 10.6. The average Bonchev–Trinajstić information content (AvgIpc) is 3.26. The number of allylic oxidation sites excluding steroid dienone is 3. The zero-order chi connectivity index (χ0) is 25.7. The summed E-state index contributed by atoms with van der Waals surface area (Å²) in [5.74, 6) is -2.42. The number of esters is 3. The van der Waals surface area contributed by atoms with E-state index in [1.54, 1.807) is 6.08 Å². The Morgan fingerprint density at radius 2 is 1.83 bits per heavy atom. The lowest BCUT2D eigenvalue weighted by Crippen LogP contribution is -2.70. The summed E-state index contributed by atoms with van der Waals surface area (Å²) < 4.78 is 10.8. The monoisotopic (exact) mass is 484 g/mol. The molecule has 0 amide bonds. The van der Waals surface area contributed by atoms with Crippen LogP contribution in [-0.2, 0) is 28.7 Å². The molecular weight excluding hydrogens is 448 g/mol. The van der Waals surface area contributed by atoms with Crippen molar-refractivity contribution >= 4 is 23.7 Å². The van der Waals surface area contributed by atoms with Crippen LogP contribution in [0.2, 0.25) is 0 Å². The van der Waals surface area contributed by atoms with E-state index in [-0.39, 0.29) is 24.0 Å². The first-order valence-electron chi connectivity index (χ1n) is 12.7. The first-order chi connectivity index (χ1) is 16.2. The molecule has 0 aromatic carbocycles. The van der Waals surface area contributed by atoms with E-state index in [1.807, 2.05) is 19.9 Å². The smallest absolute Gasteiger partial charge is 0.317 e. The second-order valence-corrected chi connectivity index (χ2v) is 12.6. The van der Waals surface area contributed by atoms with Gasteiger partial charge in [0.05, 0.1) is 18.4 Å². The minimum Gasteiger partial charge on any atom is -0.459 e. The summed E-state index contributed by atoms with van der Waals surface area (Å²) in [6.45, 7) is 11.4. The molecular formula is C28H36O7. The molecule has 9 atom stereocenters. The average molecular weight is 485 g/mol. The van der Waals surface area contributed by atoms with Gasteiger partial charge in [-0.2, -0.15) is 0 Å². The van der Waals surface area contributed by atoms with Gasteiger partial charge in [0.25, 0.3) is 0 Å². The summed E-state index contributed by atoms with van der Waals surface area (Å²) in [5, 5.41) is 11.9. The number of hydrogen-bond acceptors (Lipinski definition) is 7. The Labute approximate surface area is 206 Å². The van der Waals surface area contributed by atoms with Crippen LogP contribution < -0.4 is 0 Å². The Balaban J connectivity index is 1.64. The van der Waals surface area contributed by atoms with Gasteiger partial charge in [0.15, 0.2) is 5.78 Å². The van der Waals surface area contributed by atoms with Crippen LogP contribution in [-0.4, -0.2) is 41.0 Å². The van der Waals surface area contributed by atoms with Gasteiger partial charge in [-0.05, 0) is 48.0 Å². The van der Waals surface area contributed by atoms with Crippen LogP contribution in [0.3, 0.4) is 0 Å². The number of carbonyl (C=O) groups is 4. The van der Waals surface area contributed by atoms with Gasteiger partial charge in [0.2, 0.25) is 0 Å². The molecule has 0 spiro atoms. The van der Waals surface area contributed by atoms with Crippen LogP contribution in [0.1, 0.15) is 67.2 Å². The van der Waals surface area contributed by atoms with Crippen LogP contribution >= 0.6 is 0 Å². The molecule has 0 aromatic rings. The number of rotatable bonds is 2. The van der Waals surface area contributed by atoms with Gasteiger partial charge in [-0.25, -0.2) is 0 Å². The maximum Gasteiger partial charge on any atom is 0.317 e. The van der Waals surface area contributed by atoms with Crippen molar-refractivity contribution in [3.05, 3.63) is 23.8 Å². The summed E-state index contributed by atoms with van der Waals surface area (Å²) in [7, 11) is 0. The number of aliphatic hydroxyl groups excluding tert-OH is 1. The fourth-order valence-corrected chi connectivity index (χ4v) is 9.27. The minimum atomic E-state index is -1.05. The number of aliphatic hydroxyl groups is 1. The van der Waals surface area contributed by atoms with Crippen molar-refractivity contribution < 1.29 is 33.8 Å². The van der Waals surface area contributed by atoms with Gasteiger partial charge >= 0.3 is 17.9 Å². The molecule has 35 heavy (non-hydrogen) atoms. The van der Waals surface area contributed by atoms with E-state index in [2.05, 4.69) is 26.8 Å². The molecule has 1 saturated heterocycles. The van der Waals surface area contributed by atoms with Crippen molar-refractivity contribution in [2.24, 2.45) is 45.3 Å². The van der Waals surface area contributed by atoms with Crippen molar-refractivity contribution in [2.75, 3.05) is 0 Å². The predicted octanol–water partition coefficient (Wildman–Crippen LogP) is 3.54. The quantitative estimate of drug-likeness (QED) is 0.363. The van der Waals surface area contributed by atoms with Gasteiger partial charge in [0.1, 0.15) is 6.10 Å². The maximum absolute atomic E-state index is 12.9. The molecule has 190 valence electrons. The molecule has 0 radical (unpaired) electrons. The van der Waals surface area contributed by atoms with Crippen LogP contribution in [0.15, 0.2) is 23.8 Å². The molecule has 2 saturated carbocycles. The molecule has 7 nitrogen and oxygen atoms in total. The van der Waals surface area contributed by atoms with E-state index in [1.165, 1.54) is 6.92 Å². The normalized spacial score (nSPS) is 48.0. The largest absolute Gasteiger partial charge is 0.459 e. The highest BCUT2D eigenvalue weighted by atomic mass is 16.6. The third kappa shape index (κ3) is 3.00. The summed E-state index contributed by atoms with van der Waals surface area (Å²) in [4.78, 5) is 49.7. The zero-order valence-corrected chi connectivity index (χ0v) is 21.4. The third-order valence-electron chi connectivity index (χ3n) is 10.6. The van der Waals surface area contributed by atoms with E-state index in [0.717, 1.165) is 18.4 Å². The van der Waals surface area contributed by atoms with Crippen LogP contribution in [0, 0.1) is 45.3 Å². The fourth-order valence-electron chi connectivity index (χ4n) is 9.27. The highest BCUT2D eigenvalue weighted by Gasteiger charge is 2.72. The van der Waals surface area contributed by atoms with Crippen molar-refractivity contribution in [1.29, 1.82) is 0 Å². The Bertz CT molecular complexity index is 1080. The van der Waals surface area contributed by atoms with E-state index in [4.69, 9.17) is 9.47 Å². The summed E-state index contributed by atoms with van der Waals surface area (Å²) >= 11 is 0. The predicted molar refractivity (Wildman–Crippen MR) is 125 cm³/mol. The molecule has 5 rings (SSSR count). The molecule has 4 aliphatic carbocycles. The Hall–Kier alpha value is -2.28. The lowest BCUT2D eigenvalue weighted by Gasteiger charge is -2.67. The van der Waals surface area contributed by atoms with Crippen molar-refractivity contribution in [2.45, 2.75) is 79.4 Å².